The van der Waals surface area contributed by atoms with Crippen molar-refractivity contribution < 1.29 is 4.79 Å². The molecule has 0 saturated carbocycles. The molecule has 0 saturated heterocycles. The highest BCUT2D eigenvalue weighted by molar-refractivity contribution is 6.26. The van der Waals surface area contributed by atoms with Crippen LogP contribution >= 0.6 is 0 Å². The maximum atomic E-state index is 10.2. The van der Waals surface area contributed by atoms with Gasteiger partial charge in [0.2, 0.25) is 0 Å². The number of ketones is 1. The molecule has 1 N–H and O–H groups in total. The van der Waals surface area contributed by atoms with E-state index in [9.17, 15) is 4.79 Å². The Morgan fingerprint density at radius 1 is 1.67 bits per heavy atom. The van der Waals surface area contributed by atoms with Gasteiger partial charge in [0.25, 0.3) is 0 Å². The minimum absolute atomic E-state index is 0.0387. The van der Waals surface area contributed by atoms with Gasteiger partial charge in [-0.05, 0) is 13.8 Å². The molecule has 9 heavy (non-hydrogen) atoms. The SMILES string of the molecule is CC(=O)/C=N\NC(C)C. The largest absolute Gasteiger partial charge is 0.307 e. The summed E-state index contributed by atoms with van der Waals surface area (Å²) >= 11 is 0. The molecule has 0 fully saturated rings. The molecule has 0 rings (SSSR count). The molecule has 0 radical (unpaired) electrons. The highest BCUT2D eigenvalue weighted by Crippen LogP contribution is 1.73. The molecule has 0 aliphatic carbocycles. The first-order valence-electron chi connectivity index (χ1n) is 2.92. The van der Waals surface area contributed by atoms with Gasteiger partial charge < -0.3 is 5.43 Å². The lowest BCUT2D eigenvalue weighted by molar-refractivity contribution is -0.110. The van der Waals surface area contributed by atoms with Crippen LogP contribution in [0.15, 0.2) is 5.10 Å². The average Bonchev–Trinajstić information content (AvgIpc) is 1.63. The summed E-state index contributed by atoms with van der Waals surface area (Å²) in [5.41, 5.74) is 2.73. The van der Waals surface area contributed by atoms with E-state index in [-0.39, 0.29) is 5.78 Å². The van der Waals surface area contributed by atoms with Gasteiger partial charge in [-0.2, -0.15) is 5.10 Å². The molecule has 52 valence electrons. The van der Waals surface area contributed by atoms with E-state index in [4.69, 9.17) is 0 Å². The molecule has 0 aromatic carbocycles. The van der Waals surface area contributed by atoms with Crippen LogP contribution in [0.1, 0.15) is 20.8 Å². The minimum atomic E-state index is -0.0387. The highest BCUT2D eigenvalue weighted by Gasteiger charge is 1.85. The van der Waals surface area contributed by atoms with Crippen LogP contribution in [0, 0.1) is 0 Å². The molecule has 0 aromatic rings. The van der Waals surface area contributed by atoms with Crippen molar-refractivity contribution in [1.29, 1.82) is 0 Å². The second kappa shape index (κ2) is 4.06. The number of hydrazone groups is 1. The second-order valence-electron chi connectivity index (χ2n) is 2.15. The Kier molecular flexibility index (Phi) is 3.67. The Morgan fingerprint density at radius 3 is 2.56 bits per heavy atom. The summed E-state index contributed by atoms with van der Waals surface area (Å²) < 4.78 is 0. The van der Waals surface area contributed by atoms with Crippen molar-refractivity contribution in [2.75, 3.05) is 0 Å². The van der Waals surface area contributed by atoms with Crippen LogP contribution in [0.3, 0.4) is 0 Å². The molecule has 0 heterocycles. The number of hydrogen-bond acceptors (Lipinski definition) is 3. The van der Waals surface area contributed by atoms with E-state index in [1.807, 2.05) is 13.8 Å². The predicted molar refractivity (Wildman–Crippen MR) is 37.4 cm³/mol. The van der Waals surface area contributed by atoms with E-state index in [0.717, 1.165) is 0 Å². The number of nitrogens with one attached hydrogen (secondary N) is 1. The Hall–Kier alpha value is -0.860. The van der Waals surface area contributed by atoms with E-state index >= 15 is 0 Å². The molecule has 0 aliphatic rings. The number of hydrogen-bond donors (Lipinski definition) is 1. The molecule has 3 heteroatoms. The lowest BCUT2D eigenvalue weighted by Crippen LogP contribution is -2.16. The highest BCUT2D eigenvalue weighted by atomic mass is 16.1. The molecule has 0 aliphatic heterocycles. The van der Waals surface area contributed by atoms with Crippen molar-refractivity contribution in [3.05, 3.63) is 0 Å². The second-order valence-corrected chi connectivity index (χ2v) is 2.15. The molecule has 0 amide bonds. The molecule has 0 aromatic heterocycles. The molecular weight excluding hydrogens is 116 g/mol. The predicted octanol–water partition coefficient (Wildman–Crippen LogP) is 0.559. The molecule has 0 unspecified atom stereocenters. The fourth-order valence-electron chi connectivity index (χ4n) is 0.277. The van der Waals surface area contributed by atoms with Crippen LogP contribution in [0.5, 0.6) is 0 Å². The van der Waals surface area contributed by atoms with Crippen LogP contribution < -0.4 is 5.43 Å². The van der Waals surface area contributed by atoms with Crippen molar-refractivity contribution in [2.45, 2.75) is 26.8 Å². The monoisotopic (exact) mass is 128 g/mol. The Labute approximate surface area is 55.1 Å². The van der Waals surface area contributed by atoms with Gasteiger partial charge in [0.15, 0.2) is 5.78 Å². The summed E-state index contributed by atoms with van der Waals surface area (Å²) in [6, 6.07) is 0.292. The molecule has 0 bridgehead atoms. The maximum Gasteiger partial charge on any atom is 0.172 e. The van der Waals surface area contributed by atoms with Crippen molar-refractivity contribution in [3.8, 4) is 0 Å². The zero-order chi connectivity index (χ0) is 7.28. The Balaban J connectivity index is 3.36. The fourth-order valence-corrected chi connectivity index (χ4v) is 0.277. The van der Waals surface area contributed by atoms with Gasteiger partial charge in [-0.1, -0.05) is 0 Å². The third-order valence-electron chi connectivity index (χ3n) is 0.579. The summed E-state index contributed by atoms with van der Waals surface area (Å²) in [6.45, 7) is 5.38. The summed E-state index contributed by atoms with van der Waals surface area (Å²) in [4.78, 5) is 10.2. The van der Waals surface area contributed by atoms with Crippen molar-refractivity contribution >= 4 is 12.0 Å². The Bertz CT molecular complexity index is 118. The maximum absolute atomic E-state index is 10.2. The van der Waals surface area contributed by atoms with Gasteiger partial charge in [-0.25, -0.2) is 0 Å². The summed E-state index contributed by atoms with van der Waals surface area (Å²) in [5.74, 6) is -0.0387. The van der Waals surface area contributed by atoms with E-state index in [0.29, 0.717) is 6.04 Å². The lowest BCUT2D eigenvalue weighted by Gasteiger charge is -1.99. The third kappa shape index (κ3) is 7.14. The quantitative estimate of drug-likeness (QED) is 0.445. The Morgan fingerprint density at radius 2 is 2.22 bits per heavy atom. The number of carbonyl (C=O) groups excluding carboxylic acids is 1. The summed E-state index contributed by atoms with van der Waals surface area (Å²) in [5, 5.41) is 3.65. The van der Waals surface area contributed by atoms with Gasteiger partial charge in [-0.15, -0.1) is 0 Å². The van der Waals surface area contributed by atoms with Gasteiger partial charge in [0, 0.05) is 13.0 Å². The van der Waals surface area contributed by atoms with Gasteiger partial charge in [0.1, 0.15) is 0 Å². The minimum Gasteiger partial charge on any atom is -0.307 e. The van der Waals surface area contributed by atoms with Crippen LogP contribution in [-0.4, -0.2) is 18.0 Å². The number of Topliss-reactive ketones (excluding diaryl/α,β-unsaturated/α-hetero) is 1. The number of nitrogens with zero attached hydrogens (tertiary/aromatic N) is 1. The molecule has 0 atom stereocenters. The first-order chi connectivity index (χ1) is 4.13. The van der Waals surface area contributed by atoms with E-state index in [1.54, 1.807) is 0 Å². The van der Waals surface area contributed by atoms with Gasteiger partial charge in [0.05, 0.1) is 6.21 Å². The first-order valence-corrected chi connectivity index (χ1v) is 2.92. The van der Waals surface area contributed by atoms with Crippen molar-refractivity contribution in [2.24, 2.45) is 5.10 Å². The standard InChI is InChI=1S/C6H12N2O/c1-5(2)8-7-4-6(3)9/h4-5,8H,1-3H3/b7-4-. The van der Waals surface area contributed by atoms with E-state index in [2.05, 4.69) is 10.5 Å². The molecule has 0 spiro atoms. The number of carbonyl (C=O) groups is 1. The normalized spacial score (nSPS) is 10.7. The zero-order valence-corrected chi connectivity index (χ0v) is 6.01. The summed E-state index contributed by atoms with van der Waals surface area (Å²) in [6.07, 6.45) is 1.26. The third-order valence-corrected chi connectivity index (χ3v) is 0.579. The average molecular weight is 128 g/mol. The van der Waals surface area contributed by atoms with Crippen LogP contribution in [-0.2, 0) is 4.79 Å². The fraction of sp³-hybridized carbons (Fsp3) is 0.667. The van der Waals surface area contributed by atoms with Crippen molar-refractivity contribution in [1.82, 2.24) is 5.43 Å². The molecular formula is C6H12N2O. The van der Waals surface area contributed by atoms with Crippen LogP contribution in [0.2, 0.25) is 0 Å². The van der Waals surface area contributed by atoms with E-state index < -0.39 is 0 Å². The number of rotatable bonds is 3. The zero-order valence-electron chi connectivity index (χ0n) is 6.01. The van der Waals surface area contributed by atoms with Gasteiger partial charge >= 0.3 is 0 Å². The topological polar surface area (TPSA) is 41.5 Å². The van der Waals surface area contributed by atoms with Gasteiger partial charge in [-0.3, -0.25) is 4.79 Å². The van der Waals surface area contributed by atoms with Crippen molar-refractivity contribution in [3.63, 3.8) is 0 Å². The van der Waals surface area contributed by atoms with E-state index in [1.165, 1.54) is 13.1 Å². The smallest absolute Gasteiger partial charge is 0.172 e. The lowest BCUT2D eigenvalue weighted by atomic mass is 10.4. The summed E-state index contributed by atoms with van der Waals surface area (Å²) in [7, 11) is 0. The van der Waals surface area contributed by atoms with Crippen LogP contribution in [0.25, 0.3) is 0 Å². The van der Waals surface area contributed by atoms with Crippen LogP contribution in [0.4, 0.5) is 0 Å². The molecule has 3 nitrogen and oxygen atoms in total. The first kappa shape index (κ1) is 8.14.